The molecule has 1 heterocycles. The second kappa shape index (κ2) is 7.75. The number of aryl methyl sites for hydroxylation is 1. The first-order valence-electron chi connectivity index (χ1n) is 9.18. The number of nitrogens with one attached hydrogen (secondary N) is 2. The molecule has 1 atom stereocenters. The standard InChI is InChI=1S/C21H22N4O4/c1-3-21(15-8-4-13(2)5-9-15)19(28)25(20(29)24-21)12-17(26)23-16-10-6-14(7-11-16)18(22)27/h4-11H,3,12H2,1-2H3,(H2,22,27)(H,23,26)(H,24,29)/t21-/m0/s1. The van der Waals surface area contributed by atoms with Gasteiger partial charge >= 0.3 is 6.03 Å². The fraction of sp³-hybridized carbons (Fsp3) is 0.238. The molecule has 8 heteroatoms. The minimum Gasteiger partial charge on any atom is -0.366 e. The fourth-order valence-electron chi connectivity index (χ4n) is 3.31. The van der Waals surface area contributed by atoms with Gasteiger partial charge in [0.15, 0.2) is 0 Å². The number of nitrogens with two attached hydrogens (primary N) is 1. The van der Waals surface area contributed by atoms with Crippen molar-refractivity contribution >= 4 is 29.4 Å². The van der Waals surface area contributed by atoms with Crippen LogP contribution in [0.15, 0.2) is 48.5 Å². The number of amides is 5. The number of rotatable bonds is 6. The first-order valence-corrected chi connectivity index (χ1v) is 9.18. The molecule has 2 aromatic carbocycles. The minimum atomic E-state index is -1.19. The van der Waals surface area contributed by atoms with Crippen molar-refractivity contribution in [1.29, 1.82) is 0 Å². The van der Waals surface area contributed by atoms with Gasteiger partial charge in [0.25, 0.3) is 5.91 Å². The van der Waals surface area contributed by atoms with Crippen molar-refractivity contribution in [2.24, 2.45) is 5.73 Å². The van der Waals surface area contributed by atoms with Crippen LogP contribution in [0.4, 0.5) is 10.5 Å². The van der Waals surface area contributed by atoms with Gasteiger partial charge in [0, 0.05) is 11.3 Å². The molecular weight excluding hydrogens is 372 g/mol. The van der Waals surface area contributed by atoms with Crippen molar-refractivity contribution in [1.82, 2.24) is 10.2 Å². The summed E-state index contributed by atoms with van der Waals surface area (Å²) in [5.41, 5.74) is 6.44. The zero-order valence-corrected chi connectivity index (χ0v) is 16.2. The van der Waals surface area contributed by atoms with E-state index in [1.165, 1.54) is 24.3 Å². The van der Waals surface area contributed by atoms with Gasteiger partial charge in [-0.15, -0.1) is 0 Å². The van der Waals surface area contributed by atoms with E-state index < -0.39 is 35.8 Å². The number of anilines is 1. The Morgan fingerprint density at radius 2 is 1.69 bits per heavy atom. The molecule has 1 aliphatic heterocycles. The third kappa shape index (κ3) is 3.82. The Morgan fingerprint density at radius 3 is 2.24 bits per heavy atom. The van der Waals surface area contributed by atoms with Gasteiger partial charge in [0.05, 0.1) is 0 Å². The molecule has 0 saturated carbocycles. The van der Waals surface area contributed by atoms with Gasteiger partial charge < -0.3 is 16.4 Å². The third-order valence-electron chi connectivity index (χ3n) is 5.01. The van der Waals surface area contributed by atoms with Crippen molar-refractivity contribution < 1.29 is 19.2 Å². The number of hydrogen-bond donors (Lipinski definition) is 3. The average Bonchev–Trinajstić information content (AvgIpc) is 2.94. The summed E-state index contributed by atoms with van der Waals surface area (Å²) in [6.07, 6.45) is 0.354. The number of primary amides is 1. The van der Waals surface area contributed by atoms with Crippen LogP contribution in [0.2, 0.25) is 0 Å². The number of urea groups is 1. The Hall–Kier alpha value is -3.68. The van der Waals surface area contributed by atoms with Gasteiger partial charge in [-0.2, -0.15) is 0 Å². The summed E-state index contributed by atoms with van der Waals surface area (Å²) in [6, 6.07) is 12.7. The summed E-state index contributed by atoms with van der Waals surface area (Å²) in [6.45, 7) is 3.32. The van der Waals surface area contributed by atoms with E-state index in [9.17, 15) is 19.2 Å². The molecule has 5 amide bonds. The van der Waals surface area contributed by atoms with Gasteiger partial charge in [-0.25, -0.2) is 4.79 Å². The van der Waals surface area contributed by atoms with Crippen molar-refractivity contribution in [3.8, 4) is 0 Å². The molecule has 3 rings (SSSR count). The summed E-state index contributed by atoms with van der Waals surface area (Å²) in [7, 11) is 0. The lowest BCUT2D eigenvalue weighted by Gasteiger charge is -2.25. The first kappa shape index (κ1) is 20.1. The van der Waals surface area contributed by atoms with Crippen LogP contribution >= 0.6 is 0 Å². The van der Waals surface area contributed by atoms with E-state index in [1.54, 1.807) is 12.1 Å². The van der Waals surface area contributed by atoms with E-state index in [0.717, 1.165) is 10.5 Å². The molecule has 0 aromatic heterocycles. The van der Waals surface area contributed by atoms with E-state index in [1.807, 2.05) is 26.0 Å². The van der Waals surface area contributed by atoms with Crippen LogP contribution in [-0.2, 0) is 15.1 Å². The van der Waals surface area contributed by atoms with Crippen LogP contribution in [0.3, 0.4) is 0 Å². The SMILES string of the molecule is CC[C@@]1(c2ccc(C)cc2)NC(=O)N(CC(=O)Nc2ccc(C(N)=O)cc2)C1=O. The van der Waals surface area contributed by atoms with Gasteiger partial charge in [0.2, 0.25) is 11.8 Å². The molecule has 0 bridgehead atoms. The van der Waals surface area contributed by atoms with Gasteiger partial charge in [-0.1, -0.05) is 36.8 Å². The molecule has 1 saturated heterocycles. The number of nitrogens with zero attached hydrogens (tertiary/aromatic N) is 1. The minimum absolute atomic E-state index is 0.308. The molecule has 4 N–H and O–H groups in total. The highest BCUT2D eigenvalue weighted by molar-refractivity contribution is 6.10. The number of hydrogen-bond acceptors (Lipinski definition) is 4. The summed E-state index contributed by atoms with van der Waals surface area (Å²) in [4.78, 5) is 49.9. The van der Waals surface area contributed by atoms with Gasteiger partial charge in [0.1, 0.15) is 12.1 Å². The Morgan fingerprint density at radius 1 is 1.07 bits per heavy atom. The number of carbonyl (C=O) groups is 4. The second-order valence-electron chi connectivity index (χ2n) is 6.94. The van der Waals surface area contributed by atoms with Crippen LogP contribution in [0, 0.1) is 6.92 Å². The largest absolute Gasteiger partial charge is 0.366 e. The average molecular weight is 394 g/mol. The van der Waals surface area contributed by atoms with E-state index in [4.69, 9.17) is 5.73 Å². The topological polar surface area (TPSA) is 122 Å². The number of imide groups is 1. The quantitative estimate of drug-likeness (QED) is 0.648. The smallest absolute Gasteiger partial charge is 0.325 e. The maximum absolute atomic E-state index is 13.1. The summed E-state index contributed by atoms with van der Waals surface area (Å²) in [5.74, 6) is -1.57. The Kier molecular flexibility index (Phi) is 5.36. The highest BCUT2D eigenvalue weighted by Gasteiger charge is 2.51. The Bertz CT molecular complexity index is 969. The fourth-order valence-corrected chi connectivity index (χ4v) is 3.31. The maximum Gasteiger partial charge on any atom is 0.325 e. The van der Waals surface area contributed by atoms with Crippen molar-refractivity contribution in [2.75, 3.05) is 11.9 Å². The monoisotopic (exact) mass is 394 g/mol. The lowest BCUT2D eigenvalue weighted by atomic mass is 9.87. The number of benzene rings is 2. The predicted molar refractivity (Wildman–Crippen MR) is 107 cm³/mol. The van der Waals surface area contributed by atoms with Crippen LogP contribution in [0.25, 0.3) is 0 Å². The van der Waals surface area contributed by atoms with Crippen molar-refractivity contribution in [3.63, 3.8) is 0 Å². The maximum atomic E-state index is 13.1. The predicted octanol–water partition coefficient (Wildman–Crippen LogP) is 1.89. The molecule has 150 valence electrons. The molecule has 0 spiro atoms. The summed E-state index contributed by atoms with van der Waals surface area (Å²) < 4.78 is 0. The van der Waals surface area contributed by atoms with Gasteiger partial charge in [-0.3, -0.25) is 19.3 Å². The highest BCUT2D eigenvalue weighted by Crippen LogP contribution is 2.32. The normalized spacial score (nSPS) is 18.5. The first-order chi connectivity index (χ1) is 13.8. The van der Waals surface area contributed by atoms with Crippen LogP contribution < -0.4 is 16.4 Å². The van der Waals surface area contributed by atoms with E-state index in [0.29, 0.717) is 23.2 Å². The lowest BCUT2D eigenvalue weighted by molar-refractivity contribution is -0.134. The van der Waals surface area contributed by atoms with Crippen LogP contribution in [0.1, 0.15) is 34.8 Å². The molecule has 29 heavy (non-hydrogen) atoms. The van der Waals surface area contributed by atoms with Crippen molar-refractivity contribution in [3.05, 3.63) is 65.2 Å². The zero-order valence-electron chi connectivity index (χ0n) is 16.2. The van der Waals surface area contributed by atoms with Crippen LogP contribution in [-0.4, -0.2) is 35.2 Å². The molecular formula is C21H22N4O4. The molecule has 2 aromatic rings. The van der Waals surface area contributed by atoms with E-state index in [2.05, 4.69) is 10.6 Å². The third-order valence-corrected chi connectivity index (χ3v) is 5.01. The number of carbonyl (C=O) groups excluding carboxylic acids is 4. The molecule has 0 radical (unpaired) electrons. The lowest BCUT2D eigenvalue weighted by Crippen LogP contribution is -2.44. The summed E-state index contributed by atoms with van der Waals surface area (Å²) in [5, 5.41) is 5.35. The van der Waals surface area contributed by atoms with Crippen molar-refractivity contribution in [2.45, 2.75) is 25.8 Å². The van der Waals surface area contributed by atoms with Gasteiger partial charge in [-0.05, 0) is 43.2 Å². The van der Waals surface area contributed by atoms with E-state index >= 15 is 0 Å². The second-order valence-corrected chi connectivity index (χ2v) is 6.94. The molecule has 1 fully saturated rings. The molecule has 8 nitrogen and oxygen atoms in total. The Labute approximate surface area is 168 Å². The van der Waals surface area contributed by atoms with Crippen LogP contribution in [0.5, 0.6) is 0 Å². The summed E-state index contributed by atoms with van der Waals surface area (Å²) >= 11 is 0. The molecule has 1 aliphatic rings. The molecule has 0 unspecified atom stereocenters. The highest BCUT2D eigenvalue weighted by atomic mass is 16.2. The molecule has 0 aliphatic carbocycles. The van der Waals surface area contributed by atoms with E-state index in [-0.39, 0.29) is 0 Å². The Balaban J connectivity index is 1.74. The zero-order chi connectivity index (χ0) is 21.2.